The normalized spacial score (nSPS) is 23.8. The van der Waals surface area contributed by atoms with E-state index < -0.39 is 0 Å². The van der Waals surface area contributed by atoms with E-state index in [1.807, 2.05) is 10.9 Å². The van der Waals surface area contributed by atoms with Crippen molar-refractivity contribution in [1.29, 1.82) is 0 Å². The second-order valence-electron chi connectivity index (χ2n) is 10.4. The monoisotopic (exact) mass is 436 g/mol. The van der Waals surface area contributed by atoms with Crippen LogP contribution < -0.4 is 15.1 Å². The smallest absolute Gasteiger partial charge is 0.255 e. The molecule has 4 aliphatic rings. The van der Waals surface area contributed by atoms with Crippen LogP contribution in [0.4, 0.5) is 11.6 Å². The summed E-state index contributed by atoms with van der Waals surface area (Å²) in [5.74, 6) is 1.85. The Kier molecular flexibility index (Phi) is 4.51. The Hall–Kier alpha value is -2.61. The van der Waals surface area contributed by atoms with Crippen molar-refractivity contribution in [3.8, 4) is 5.69 Å². The maximum absolute atomic E-state index is 12.7. The number of anilines is 2. The lowest BCUT2D eigenvalue weighted by Gasteiger charge is -2.38. The molecule has 5 heterocycles. The number of carbonyl (C=O) groups is 1. The van der Waals surface area contributed by atoms with Gasteiger partial charge in [0, 0.05) is 31.2 Å². The third-order valence-corrected chi connectivity index (χ3v) is 7.61. The van der Waals surface area contributed by atoms with Gasteiger partial charge < -0.3 is 24.4 Å². The van der Waals surface area contributed by atoms with Gasteiger partial charge >= 0.3 is 0 Å². The second-order valence-corrected chi connectivity index (χ2v) is 10.4. The minimum atomic E-state index is -0.0530. The summed E-state index contributed by atoms with van der Waals surface area (Å²) in [5, 5.41) is 2.97. The summed E-state index contributed by atoms with van der Waals surface area (Å²) in [5.41, 5.74) is 2.46. The third-order valence-electron chi connectivity index (χ3n) is 7.61. The number of aromatic nitrogens is 3. The molecule has 3 aliphatic heterocycles. The molecule has 2 saturated heterocycles. The van der Waals surface area contributed by atoms with Gasteiger partial charge in [0.05, 0.1) is 41.9 Å². The number of hydrogen-bond donors (Lipinski definition) is 1. The summed E-state index contributed by atoms with van der Waals surface area (Å²) >= 11 is 0. The largest absolute Gasteiger partial charge is 0.371 e. The highest BCUT2D eigenvalue weighted by atomic mass is 16.5. The molecule has 2 aromatic heterocycles. The van der Waals surface area contributed by atoms with Crippen LogP contribution in [0.2, 0.25) is 0 Å². The zero-order valence-electron chi connectivity index (χ0n) is 19.1. The number of imidazole rings is 1. The molecular weight excluding hydrogens is 404 g/mol. The molecule has 3 fully saturated rings. The topological polar surface area (TPSA) is 75.5 Å². The molecule has 0 aromatic carbocycles. The van der Waals surface area contributed by atoms with Crippen molar-refractivity contribution in [2.75, 3.05) is 36.0 Å². The summed E-state index contributed by atoms with van der Waals surface area (Å²) in [7, 11) is 0. The summed E-state index contributed by atoms with van der Waals surface area (Å²) in [6, 6.07) is 2.09. The van der Waals surface area contributed by atoms with Crippen molar-refractivity contribution in [2.45, 2.75) is 70.1 Å². The van der Waals surface area contributed by atoms with E-state index in [1.54, 1.807) is 0 Å². The number of rotatable bonds is 3. The van der Waals surface area contributed by atoms with Crippen molar-refractivity contribution >= 4 is 17.5 Å². The van der Waals surface area contributed by atoms with E-state index >= 15 is 0 Å². The van der Waals surface area contributed by atoms with Gasteiger partial charge in [-0.3, -0.25) is 4.79 Å². The van der Waals surface area contributed by atoms with Crippen molar-refractivity contribution in [3.05, 3.63) is 29.8 Å². The predicted molar refractivity (Wildman–Crippen MR) is 123 cm³/mol. The minimum Gasteiger partial charge on any atom is -0.371 e. The molecular formula is C24H32N6O2. The molecule has 0 unspecified atom stereocenters. The molecule has 2 aromatic rings. The lowest BCUT2D eigenvalue weighted by Crippen LogP contribution is -2.44. The number of ether oxygens (including phenoxy) is 1. The number of nitrogens with one attached hydrogen (secondary N) is 1. The number of morpholine rings is 1. The van der Waals surface area contributed by atoms with E-state index in [1.165, 1.54) is 19.3 Å². The molecule has 8 heteroatoms. The zero-order valence-corrected chi connectivity index (χ0v) is 19.1. The average Bonchev–Trinajstić information content (AvgIpc) is 3.20. The Bertz CT molecular complexity index is 1060. The van der Waals surface area contributed by atoms with Crippen molar-refractivity contribution < 1.29 is 9.53 Å². The van der Waals surface area contributed by atoms with E-state index in [9.17, 15) is 4.79 Å². The molecule has 8 nitrogen and oxygen atoms in total. The second kappa shape index (κ2) is 7.20. The Morgan fingerprint density at radius 1 is 1.09 bits per heavy atom. The van der Waals surface area contributed by atoms with Crippen LogP contribution in [0.5, 0.6) is 0 Å². The van der Waals surface area contributed by atoms with Gasteiger partial charge in [0.15, 0.2) is 0 Å². The Labute approximate surface area is 189 Å². The van der Waals surface area contributed by atoms with Crippen molar-refractivity contribution in [3.63, 3.8) is 0 Å². The van der Waals surface area contributed by atoms with Gasteiger partial charge in [-0.1, -0.05) is 12.8 Å². The fourth-order valence-electron chi connectivity index (χ4n) is 5.49. The van der Waals surface area contributed by atoms with Crippen LogP contribution in [0.1, 0.15) is 68.4 Å². The quantitative estimate of drug-likeness (QED) is 0.797. The third kappa shape index (κ3) is 3.36. The molecule has 1 spiro atoms. The van der Waals surface area contributed by atoms with E-state index in [4.69, 9.17) is 14.7 Å². The van der Waals surface area contributed by atoms with E-state index in [2.05, 4.69) is 41.2 Å². The first-order valence-corrected chi connectivity index (χ1v) is 12.0. The fourth-order valence-corrected chi connectivity index (χ4v) is 5.49. The number of fused-ring (bicyclic) bond motifs is 1. The molecule has 0 radical (unpaired) electrons. The van der Waals surface area contributed by atoms with E-state index in [0.717, 1.165) is 68.5 Å². The molecule has 0 atom stereocenters. The first-order valence-electron chi connectivity index (χ1n) is 12.0. The Morgan fingerprint density at radius 2 is 1.97 bits per heavy atom. The van der Waals surface area contributed by atoms with Gasteiger partial charge in [0.2, 0.25) is 0 Å². The van der Waals surface area contributed by atoms with Crippen molar-refractivity contribution in [2.24, 2.45) is 0 Å². The predicted octanol–water partition coefficient (Wildman–Crippen LogP) is 3.04. The lowest BCUT2D eigenvalue weighted by atomic mass is 9.96. The molecule has 32 heavy (non-hydrogen) atoms. The highest BCUT2D eigenvalue weighted by Crippen LogP contribution is 2.43. The maximum Gasteiger partial charge on any atom is 0.255 e. The summed E-state index contributed by atoms with van der Waals surface area (Å²) in [6.45, 7) is 8.57. The fraction of sp³-hybridized carbons (Fsp3) is 0.625. The molecule has 1 aliphatic carbocycles. The van der Waals surface area contributed by atoms with Crippen LogP contribution in [0, 0.1) is 0 Å². The van der Waals surface area contributed by atoms with Crippen LogP contribution in [0.15, 0.2) is 18.6 Å². The highest BCUT2D eigenvalue weighted by Gasteiger charge is 2.47. The highest BCUT2D eigenvalue weighted by molar-refractivity contribution is 6.01. The van der Waals surface area contributed by atoms with Crippen LogP contribution in [0.25, 0.3) is 5.69 Å². The average molecular weight is 437 g/mol. The van der Waals surface area contributed by atoms with Gasteiger partial charge in [-0.2, -0.15) is 0 Å². The van der Waals surface area contributed by atoms with Gasteiger partial charge in [-0.05, 0) is 39.5 Å². The first kappa shape index (κ1) is 20.0. The summed E-state index contributed by atoms with van der Waals surface area (Å²) in [6.07, 6.45) is 11.0. The number of nitrogens with zero attached hydrogens (tertiary/aromatic N) is 5. The SMILES string of the molecule is CC1(C)CCCCCN1c1cc(-n2cnc(N3CCOC4(CC4)C3)c2)c2c(n1)CNC2=O. The summed E-state index contributed by atoms with van der Waals surface area (Å²) in [4.78, 5) is 27.1. The van der Waals surface area contributed by atoms with E-state index in [-0.39, 0.29) is 17.0 Å². The zero-order chi connectivity index (χ0) is 21.9. The Balaban J connectivity index is 1.38. The molecule has 1 amide bonds. The van der Waals surface area contributed by atoms with Gasteiger partial charge in [0.1, 0.15) is 18.0 Å². The van der Waals surface area contributed by atoms with E-state index in [0.29, 0.717) is 12.1 Å². The van der Waals surface area contributed by atoms with Crippen LogP contribution in [-0.4, -0.2) is 57.8 Å². The molecule has 1 saturated carbocycles. The molecule has 170 valence electrons. The number of carbonyl (C=O) groups excluding carboxylic acids is 1. The number of hydrogen-bond acceptors (Lipinski definition) is 6. The van der Waals surface area contributed by atoms with Gasteiger partial charge in [-0.15, -0.1) is 0 Å². The van der Waals surface area contributed by atoms with Crippen LogP contribution in [-0.2, 0) is 11.3 Å². The standard InChI is InChI=1S/C24H32N6O2/c1-23(2)6-4-3-5-9-30(23)19-12-18(21-17(27-19)13-25-22(21)31)29-14-20(26-16-29)28-10-11-32-24(15-28)7-8-24/h12,14,16H,3-11,13,15H2,1-2H3,(H,25,31). The maximum atomic E-state index is 12.7. The number of amides is 1. The molecule has 6 rings (SSSR count). The molecule has 1 N–H and O–H groups in total. The first-order chi connectivity index (χ1) is 15.4. The van der Waals surface area contributed by atoms with Crippen molar-refractivity contribution in [1.82, 2.24) is 19.9 Å². The number of pyridine rings is 1. The minimum absolute atomic E-state index is 0.0392. The summed E-state index contributed by atoms with van der Waals surface area (Å²) < 4.78 is 7.97. The van der Waals surface area contributed by atoms with Gasteiger partial charge in [0.25, 0.3) is 5.91 Å². The molecule has 0 bridgehead atoms. The van der Waals surface area contributed by atoms with Crippen LogP contribution >= 0.6 is 0 Å². The van der Waals surface area contributed by atoms with Crippen LogP contribution in [0.3, 0.4) is 0 Å². The van der Waals surface area contributed by atoms with Gasteiger partial charge in [-0.25, -0.2) is 9.97 Å². The Morgan fingerprint density at radius 3 is 2.81 bits per heavy atom. The lowest BCUT2D eigenvalue weighted by molar-refractivity contribution is 0.0204.